The molecule has 0 spiro atoms. The summed E-state index contributed by atoms with van der Waals surface area (Å²) in [5.74, 6) is 1.82. The van der Waals surface area contributed by atoms with E-state index in [-0.39, 0.29) is 28.3 Å². The molecule has 2 aromatic rings. The van der Waals surface area contributed by atoms with Crippen LogP contribution in [0.1, 0.15) is 107 Å². The van der Waals surface area contributed by atoms with Gasteiger partial charge in [0.2, 0.25) is 0 Å². The van der Waals surface area contributed by atoms with Crippen LogP contribution in [0.4, 0.5) is 5.69 Å². The van der Waals surface area contributed by atoms with E-state index in [0.717, 1.165) is 42.4 Å². The van der Waals surface area contributed by atoms with Crippen LogP contribution >= 0.6 is 28.7 Å². The van der Waals surface area contributed by atoms with Gasteiger partial charge in [0.15, 0.2) is 0 Å². The van der Waals surface area contributed by atoms with E-state index in [1.807, 2.05) is 48.2 Å². The van der Waals surface area contributed by atoms with E-state index in [1.165, 1.54) is 55.4 Å². The lowest BCUT2D eigenvalue weighted by atomic mass is 9.86. The second kappa shape index (κ2) is 16.2. The molecule has 0 unspecified atom stereocenters. The number of anilines is 1. The molecule has 4 nitrogen and oxygen atoms in total. The summed E-state index contributed by atoms with van der Waals surface area (Å²) in [4.78, 5) is 16.6. The topological polar surface area (TPSA) is 41.6 Å². The Labute approximate surface area is 245 Å². The Morgan fingerprint density at radius 1 is 0.974 bits per heavy atom. The van der Waals surface area contributed by atoms with Crippen molar-refractivity contribution < 1.29 is 9.53 Å². The molecule has 1 heterocycles. The molecule has 3 rings (SSSR count). The number of ether oxygens (including phenoxy) is 1. The molecule has 0 bridgehead atoms. The average molecular weight is 604 g/mol. The van der Waals surface area contributed by atoms with Gasteiger partial charge in [-0.2, -0.15) is 0 Å². The zero-order valence-electron chi connectivity index (χ0n) is 24.0. The first-order chi connectivity index (χ1) is 17.8. The van der Waals surface area contributed by atoms with Gasteiger partial charge in [0.25, 0.3) is 5.91 Å². The SMILES string of the molecule is Br.CCCCCCCCCCOc1ccc(NC(=O)c2ccc(CN3C=C(C)SC3)cc2)cc1C(C)(C)C. The first kappa shape index (κ1) is 32.3. The Bertz CT molecular complexity index is 1030. The minimum absolute atomic E-state index is 0. The van der Waals surface area contributed by atoms with Gasteiger partial charge < -0.3 is 15.0 Å². The third kappa shape index (κ3) is 10.7. The van der Waals surface area contributed by atoms with Crippen molar-refractivity contribution in [1.82, 2.24) is 4.90 Å². The average Bonchev–Trinajstić information content (AvgIpc) is 3.27. The third-order valence-electron chi connectivity index (χ3n) is 6.73. The number of hydrogen-bond donors (Lipinski definition) is 1. The van der Waals surface area contributed by atoms with Crippen LogP contribution < -0.4 is 10.1 Å². The van der Waals surface area contributed by atoms with Crippen molar-refractivity contribution in [3.63, 3.8) is 0 Å². The Hall–Kier alpha value is -1.92. The molecule has 0 atom stereocenters. The van der Waals surface area contributed by atoms with E-state index in [2.05, 4.69) is 57.1 Å². The lowest BCUT2D eigenvalue weighted by Crippen LogP contribution is -2.17. The maximum absolute atomic E-state index is 12.9. The molecule has 0 saturated heterocycles. The molecule has 38 heavy (non-hydrogen) atoms. The van der Waals surface area contributed by atoms with Crippen LogP contribution in [0.3, 0.4) is 0 Å². The molecule has 0 saturated carbocycles. The minimum atomic E-state index is -0.0912. The Morgan fingerprint density at radius 2 is 1.63 bits per heavy atom. The van der Waals surface area contributed by atoms with Gasteiger partial charge in [-0.3, -0.25) is 4.79 Å². The molecule has 0 aliphatic carbocycles. The fraction of sp³-hybridized carbons (Fsp3) is 0.531. The molecular weight excluding hydrogens is 556 g/mol. The summed E-state index contributed by atoms with van der Waals surface area (Å²) < 4.78 is 6.21. The lowest BCUT2D eigenvalue weighted by Gasteiger charge is -2.24. The highest BCUT2D eigenvalue weighted by molar-refractivity contribution is 8.93. The second-order valence-corrected chi connectivity index (χ2v) is 12.4. The largest absolute Gasteiger partial charge is 0.493 e. The zero-order chi connectivity index (χ0) is 26.7. The van der Waals surface area contributed by atoms with Crippen LogP contribution in [-0.4, -0.2) is 23.3 Å². The number of hydrogen-bond acceptors (Lipinski definition) is 4. The zero-order valence-corrected chi connectivity index (χ0v) is 26.5. The van der Waals surface area contributed by atoms with Crippen molar-refractivity contribution in [3.8, 4) is 5.75 Å². The number of unbranched alkanes of at least 4 members (excludes halogenated alkanes) is 7. The predicted octanol–water partition coefficient (Wildman–Crippen LogP) is 9.70. The summed E-state index contributed by atoms with van der Waals surface area (Å²) in [6, 6.07) is 13.9. The van der Waals surface area contributed by atoms with Gasteiger partial charge in [-0.25, -0.2) is 0 Å². The van der Waals surface area contributed by atoms with Gasteiger partial charge in [-0.1, -0.05) is 84.8 Å². The van der Waals surface area contributed by atoms with E-state index >= 15 is 0 Å². The molecule has 210 valence electrons. The van der Waals surface area contributed by atoms with Crippen LogP contribution in [0.25, 0.3) is 0 Å². The van der Waals surface area contributed by atoms with Gasteiger partial charge in [0.05, 0.1) is 12.5 Å². The summed E-state index contributed by atoms with van der Waals surface area (Å²) in [6.07, 6.45) is 12.5. The number of carbonyl (C=O) groups excluding carboxylic acids is 1. The second-order valence-electron chi connectivity index (χ2n) is 11.2. The number of allylic oxidation sites excluding steroid dienone is 1. The number of nitrogens with zero attached hydrogens (tertiary/aromatic N) is 1. The minimum Gasteiger partial charge on any atom is -0.493 e. The van der Waals surface area contributed by atoms with Gasteiger partial charge in [-0.15, -0.1) is 28.7 Å². The molecule has 1 aliphatic rings. The predicted molar refractivity (Wildman–Crippen MR) is 170 cm³/mol. The maximum Gasteiger partial charge on any atom is 0.255 e. The monoisotopic (exact) mass is 602 g/mol. The Morgan fingerprint density at radius 3 is 2.24 bits per heavy atom. The van der Waals surface area contributed by atoms with Crippen LogP contribution in [0.15, 0.2) is 53.6 Å². The standard InChI is InChI=1S/C32H46N2O2S.BrH/c1-6-7-8-9-10-11-12-13-20-36-30-19-18-28(21-29(30)32(3,4)5)33-31(35)27-16-14-26(15-17-27)23-34-22-25(2)37-24-34;/h14-19,21-22H,6-13,20,23-24H2,1-5H3,(H,33,35);1H. The summed E-state index contributed by atoms with van der Waals surface area (Å²) in [7, 11) is 0. The van der Waals surface area contributed by atoms with Crippen LogP contribution in [-0.2, 0) is 12.0 Å². The molecule has 1 aliphatic heterocycles. The molecule has 1 amide bonds. The van der Waals surface area contributed by atoms with Gasteiger partial charge in [0, 0.05) is 29.6 Å². The summed E-state index contributed by atoms with van der Waals surface area (Å²) in [5, 5.41) is 3.08. The molecule has 0 radical (unpaired) electrons. The molecule has 6 heteroatoms. The van der Waals surface area contributed by atoms with Crippen molar-refractivity contribution in [2.45, 2.75) is 97.9 Å². The van der Waals surface area contributed by atoms with E-state index in [9.17, 15) is 4.79 Å². The van der Waals surface area contributed by atoms with Crippen molar-refractivity contribution in [1.29, 1.82) is 0 Å². The van der Waals surface area contributed by atoms with E-state index in [4.69, 9.17) is 4.74 Å². The van der Waals surface area contributed by atoms with Crippen LogP contribution in [0.2, 0.25) is 0 Å². The van der Waals surface area contributed by atoms with Crippen molar-refractivity contribution in [2.24, 2.45) is 0 Å². The van der Waals surface area contributed by atoms with E-state index in [1.54, 1.807) is 0 Å². The number of amides is 1. The van der Waals surface area contributed by atoms with Crippen molar-refractivity contribution >= 4 is 40.3 Å². The van der Waals surface area contributed by atoms with Crippen LogP contribution in [0, 0.1) is 0 Å². The van der Waals surface area contributed by atoms with Gasteiger partial charge in [0.1, 0.15) is 5.75 Å². The normalized spacial score (nSPS) is 13.2. The summed E-state index contributed by atoms with van der Waals surface area (Å²) >= 11 is 1.86. The number of halogens is 1. The fourth-order valence-electron chi connectivity index (χ4n) is 4.54. The molecular formula is C32H47BrN2O2S. The number of nitrogens with one attached hydrogen (secondary N) is 1. The molecule has 1 N–H and O–H groups in total. The van der Waals surface area contributed by atoms with E-state index < -0.39 is 0 Å². The summed E-state index contributed by atoms with van der Waals surface area (Å²) in [5.41, 5.74) is 3.70. The molecule has 0 fully saturated rings. The lowest BCUT2D eigenvalue weighted by molar-refractivity contribution is 0.102. The maximum atomic E-state index is 12.9. The van der Waals surface area contributed by atoms with Crippen molar-refractivity contribution in [2.75, 3.05) is 17.8 Å². The quantitative estimate of drug-likeness (QED) is 0.218. The fourth-order valence-corrected chi connectivity index (χ4v) is 5.30. The highest BCUT2D eigenvalue weighted by Crippen LogP contribution is 2.34. The highest BCUT2D eigenvalue weighted by Gasteiger charge is 2.20. The van der Waals surface area contributed by atoms with Gasteiger partial charge in [-0.05, 0) is 59.6 Å². The van der Waals surface area contributed by atoms with Crippen molar-refractivity contribution in [3.05, 3.63) is 70.3 Å². The van der Waals surface area contributed by atoms with Crippen LogP contribution in [0.5, 0.6) is 5.75 Å². The third-order valence-corrected chi connectivity index (χ3v) is 7.75. The molecule has 0 aromatic heterocycles. The number of thioether (sulfide) groups is 1. The number of carbonyl (C=O) groups is 1. The van der Waals surface area contributed by atoms with Gasteiger partial charge >= 0.3 is 0 Å². The Kier molecular flexibility index (Phi) is 13.8. The highest BCUT2D eigenvalue weighted by atomic mass is 79.9. The number of rotatable bonds is 14. The first-order valence-electron chi connectivity index (χ1n) is 14.0. The Balaban J connectivity index is 0.00000507. The first-order valence-corrected chi connectivity index (χ1v) is 15.0. The number of benzene rings is 2. The van der Waals surface area contributed by atoms with E-state index in [0.29, 0.717) is 5.56 Å². The molecule has 2 aromatic carbocycles. The smallest absolute Gasteiger partial charge is 0.255 e. The summed E-state index contributed by atoms with van der Waals surface area (Å²) in [6.45, 7) is 12.6.